The highest BCUT2D eigenvalue weighted by atomic mass is 16.3. The van der Waals surface area contributed by atoms with Crippen molar-refractivity contribution in [3.05, 3.63) is 53.5 Å². The summed E-state index contributed by atoms with van der Waals surface area (Å²) in [5.41, 5.74) is 1.32. The molecule has 2 amide bonds. The van der Waals surface area contributed by atoms with Crippen LogP contribution < -0.4 is 10.2 Å². The molecule has 0 radical (unpaired) electrons. The minimum Gasteiger partial charge on any atom is -0.460 e. The first-order chi connectivity index (χ1) is 12.4. The highest BCUT2D eigenvalue weighted by molar-refractivity contribution is 5.96. The average Bonchev–Trinajstić information content (AvgIpc) is 3.01. The number of anilines is 1. The summed E-state index contributed by atoms with van der Waals surface area (Å²) in [6, 6.07) is 10.9. The Balaban J connectivity index is 1.87. The third-order valence-electron chi connectivity index (χ3n) is 4.20. The maximum atomic E-state index is 12.3. The molecule has 26 heavy (non-hydrogen) atoms. The first kappa shape index (κ1) is 19.7. The van der Waals surface area contributed by atoms with Gasteiger partial charge < -0.3 is 19.5 Å². The van der Waals surface area contributed by atoms with Crippen molar-refractivity contribution in [2.75, 3.05) is 32.0 Å². The molecule has 2 aromatic rings. The van der Waals surface area contributed by atoms with Crippen molar-refractivity contribution in [2.24, 2.45) is 0 Å². The van der Waals surface area contributed by atoms with Crippen molar-refractivity contribution in [1.29, 1.82) is 0 Å². The first-order valence-corrected chi connectivity index (χ1v) is 8.98. The van der Waals surface area contributed by atoms with Crippen LogP contribution in [0.25, 0.3) is 0 Å². The fraction of sp³-hybridized carbons (Fsp3) is 0.400. The molecule has 0 aliphatic heterocycles. The van der Waals surface area contributed by atoms with Crippen molar-refractivity contribution >= 4 is 17.5 Å². The number of carbonyl (C=O) groups excluding carboxylic acids is 2. The van der Waals surface area contributed by atoms with Gasteiger partial charge in [-0.2, -0.15) is 0 Å². The Bertz CT molecular complexity index is 733. The molecule has 0 saturated carbocycles. The van der Waals surface area contributed by atoms with Crippen LogP contribution in [-0.4, -0.2) is 43.4 Å². The first-order valence-electron chi connectivity index (χ1n) is 8.98. The molecule has 1 unspecified atom stereocenters. The van der Waals surface area contributed by atoms with Gasteiger partial charge in [-0.25, -0.2) is 0 Å². The lowest BCUT2D eigenvalue weighted by Gasteiger charge is -2.18. The monoisotopic (exact) mass is 358 g/mol. The summed E-state index contributed by atoms with van der Waals surface area (Å²) in [4.78, 5) is 27.3. The molecule has 2 N–H and O–H groups in total. The van der Waals surface area contributed by atoms with E-state index in [0.717, 1.165) is 16.4 Å². The summed E-state index contributed by atoms with van der Waals surface area (Å²) in [6.45, 7) is 8.16. The molecular formula is C20H28N3O3+. The van der Waals surface area contributed by atoms with Crippen LogP contribution in [0, 0.1) is 6.92 Å². The van der Waals surface area contributed by atoms with Crippen molar-refractivity contribution in [1.82, 2.24) is 4.90 Å². The van der Waals surface area contributed by atoms with Gasteiger partial charge in [0.25, 0.3) is 11.8 Å². The van der Waals surface area contributed by atoms with E-state index in [1.807, 2.05) is 40.0 Å². The lowest BCUT2D eigenvalue weighted by molar-refractivity contribution is -0.886. The van der Waals surface area contributed by atoms with Crippen molar-refractivity contribution < 1.29 is 18.9 Å². The maximum absolute atomic E-state index is 12.3. The summed E-state index contributed by atoms with van der Waals surface area (Å²) < 4.78 is 5.54. The maximum Gasteiger partial charge on any atom is 0.279 e. The van der Waals surface area contributed by atoms with Crippen LogP contribution in [0.2, 0.25) is 0 Å². The number of furan rings is 1. The van der Waals surface area contributed by atoms with Crippen LogP contribution in [0.5, 0.6) is 0 Å². The van der Waals surface area contributed by atoms with Crippen LogP contribution in [-0.2, 0) is 11.3 Å². The molecule has 6 nitrogen and oxygen atoms in total. The van der Waals surface area contributed by atoms with E-state index in [1.54, 1.807) is 29.2 Å². The van der Waals surface area contributed by atoms with E-state index in [1.165, 1.54) is 0 Å². The summed E-state index contributed by atoms with van der Waals surface area (Å²) in [5, 5.41) is 2.87. The van der Waals surface area contributed by atoms with E-state index < -0.39 is 0 Å². The Kier molecular flexibility index (Phi) is 6.97. The van der Waals surface area contributed by atoms with Gasteiger partial charge in [0.15, 0.2) is 12.3 Å². The number of carbonyl (C=O) groups is 2. The molecule has 0 saturated heterocycles. The molecule has 0 aliphatic carbocycles. The van der Waals surface area contributed by atoms with Crippen molar-refractivity contribution in [2.45, 2.75) is 27.3 Å². The second kappa shape index (κ2) is 9.20. The second-order valence-corrected chi connectivity index (χ2v) is 6.43. The average molecular weight is 358 g/mol. The molecule has 1 heterocycles. The quantitative estimate of drug-likeness (QED) is 0.755. The fourth-order valence-corrected chi connectivity index (χ4v) is 2.81. The molecule has 0 spiro atoms. The number of benzene rings is 1. The standard InChI is InChI=1S/C20H27N3O3/c1-5-23(6-2)20(25)16-8-10-17(11-9-16)21-19(24)14-22(4)13-18-12-7-15(3)26-18/h7-12H,5-6,13-14H2,1-4H3,(H,21,24)/p+1. The van der Waals surface area contributed by atoms with Crippen molar-refractivity contribution in [3.63, 3.8) is 0 Å². The van der Waals surface area contributed by atoms with E-state index in [9.17, 15) is 9.59 Å². The van der Waals surface area contributed by atoms with Gasteiger partial charge in [-0.3, -0.25) is 9.59 Å². The predicted molar refractivity (Wildman–Crippen MR) is 101 cm³/mol. The van der Waals surface area contributed by atoms with Gasteiger partial charge in [0.05, 0.1) is 7.05 Å². The Morgan fingerprint density at radius 1 is 1.08 bits per heavy atom. The number of likely N-dealkylation sites (N-methyl/N-ethyl adjacent to an activating group) is 1. The zero-order valence-corrected chi connectivity index (χ0v) is 16.0. The van der Waals surface area contributed by atoms with Crippen LogP contribution in [0.4, 0.5) is 5.69 Å². The van der Waals surface area contributed by atoms with E-state index in [4.69, 9.17) is 4.42 Å². The smallest absolute Gasteiger partial charge is 0.279 e. The predicted octanol–water partition coefficient (Wildman–Crippen LogP) is 1.72. The minimum atomic E-state index is -0.0754. The number of hydrogen-bond donors (Lipinski definition) is 2. The number of aryl methyl sites for hydroxylation is 1. The summed E-state index contributed by atoms with van der Waals surface area (Å²) in [7, 11) is 1.95. The fourth-order valence-electron chi connectivity index (χ4n) is 2.81. The lowest BCUT2D eigenvalue weighted by atomic mass is 10.1. The van der Waals surface area contributed by atoms with Gasteiger partial charge in [0.2, 0.25) is 0 Å². The molecule has 2 rings (SSSR count). The van der Waals surface area contributed by atoms with Gasteiger partial charge in [0, 0.05) is 24.3 Å². The van der Waals surface area contributed by atoms with E-state index >= 15 is 0 Å². The molecule has 1 aromatic carbocycles. The topological polar surface area (TPSA) is 67.0 Å². The third-order valence-corrected chi connectivity index (χ3v) is 4.20. The second-order valence-electron chi connectivity index (χ2n) is 6.43. The Hall–Kier alpha value is -2.60. The van der Waals surface area contributed by atoms with Crippen LogP contribution >= 0.6 is 0 Å². The van der Waals surface area contributed by atoms with Gasteiger partial charge in [-0.1, -0.05) is 0 Å². The van der Waals surface area contributed by atoms with Gasteiger partial charge in [0.1, 0.15) is 12.3 Å². The number of amides is 2. The Morgan fingerprint density at radius 2 is 1.73 bits per heavy atom. The lowest BCUT2D eigenvalue weighted by Crippen LogP contribution is -3.08. The third kappa shape index (κ3) is 5.46. The summed E-state index contributed by atoms with van der Waals surface area (Å²) in [6.07, 6.45) is 0. The molecule has 140 valence electrons. The van der Waals surface area contributed by atoms with Gasteiger partial charge in [-0.05, 0) is 57.2 Å². The van der Waals surface area contributed by atoms with Gasteiger partial charge in [-0.15, -0.1) is 0 Å². The van der Waals surface area contributed by atoms with Crippen LogP contribution in [0.15, 0.2) is 40.8 Å². The molecular weight excluding hydrogens is 330 g/mol. The normalized spacial score (nSPS) is 11.8. The van der Waals surface area contributed by atoms with Crippen molar-refractivity contribution in [3.8, 4) is 0 Å². The number of nitrogens with zero attached hydrogens (tertiary/aromatic N) is 1. The zero-order chi connectivity index (χ0) is 19.1. The molecule has 1 aromatic heterocycles. The minimum absolute atomic E-state index is 0.00537. The van der Waals surface area contributed by atoms with E-state index in [2.05, 4.69) is 5.32 Å². The Morgan fingerprint density at radius 3 is 2.27 bits per heavy atom. The highest BCUT2D eigenvalue weighted by Crippen LogP contribution is 2.11. The molecule has 0 fully saturated rings. The zero-order valence-electron chi connectivity index (χ0n) is 16.0. The SMILES string of the molecule is CCN(CC)C(=O)c1ccc(NC(=O)C[NH+](C)Cc2ccc(C)o2)cc1. The number of rotatable bonds is 8. The Labute approximate surface area is 154 Å². The van der Waals surface area contributed by atoms with Gasteiger partial charge >= 0.3 is 0 Å². The summed E-state index contributed by atoms with van der Waals surface area (Å²) >= 11 is 0. The molecule has 0 aliphatic rings. The molecule has 0 bridgehead atoms. The highest BCUT2D eigenvalue weighted by Gasteiger charge is 2.14. The van der Waals surface area contributed by atoms with Crippen LogP contribution in [0.3, 0.4) is 0 Å². The number of nitrogens with one attached hydrogen (secondary N) is 2. The molecule has 6 heteroatoms. The number of hydrogen-bond acceptors (Lipinski definition) is 3. The van der Waals surface area contributed by atoms with Crippen LogP contribution in [0.1, 0.15) is 35.7 Å². The largest absolute Gasteiger partial charge is 0.460 e. The van der Waals surface area contributed by atoms with E-state index in [0.29, 0.717) is 37.4 Å². The van der Waals surface area contributed by atoms with E-state index in [-0.39, 0.29) is 11.8 Å². The number of quaternary nitrogens is 1. The molecule has 1 atom stereocenters. The summed E-state index contributed by atoms with van der Waals surface area (Å²) in [5.74, 6) is 1.67.